The number of rotatable bonds is 2. The SMILES string of the molecule is CC(C)(C)OC(=O)N1CCc2cc(NC(=O)c3cccnc3)ccc2C1. The van der Waals surface area contributed by atoms with Gasteiger partial charge >= 0.3 is 6.09 Å². The van der Waals surface area contributed by atoms with Crippen LogP contribution in [0.4, 0.5) is 10.5 Å². The van der Waals surface area contributed by atoms with Gasteiger partial charge < -0.3 is 15.0 Å². The van der Waals surface area contributed by atoms with Crippen LogP contribution >= 0.6 is 0 Å². The van der Waals surface area contributed by atoms with E-state index in [4.69, 9.17) is 4.74 Å². The number of amides is 2. The van der Waals surface area contributed by atoms with Crippen molar-refractivity contribution in [2.75, 3.05) is 11.9 Å². The van der Waals surface area contributed by atoms with Gasteiger partial charge in [0.05, 0.1) is 5.56 Å². The van der Waals surface area contributed by atoms with Gasteiger partial charge in [-0.05, 0) is 62.6 Å². The standard InChI is InChI=1S/C20H23N3O3/c1-20(2,3)26-19(25)23-10-8-14-11-17(7-6-16(14)13-23)22-18(24)15-5-4-9-21-12-15/h4-7,9,11-12H,8,10,13H2,1-3H3,(H,22,24). The van der Waals surface area contributed by atoms with Crippen molar-refractivity contribution in [3.05, 3.63) is 59.4 Å². The summed E-state index contributed by atoms with van der Waals surface area (Å²) >= 11 is 0. The van der Waals surface area contributed by atoms with Crippen molar-refractivity contribution in [1.29, 1.82) is 0 Å². The summed E-state index contributed by atoms with van der Waals surface area (Å²) in [6, 6.07) is 9.22. The molecule has 136 valence electrons. The molecule has 0 atom stereocenters. The number of ether oxygens (including phenoxy) is 1. The van der Waals surface area contributed by atoms with E-state index in [0.29, 0.717) is 18.7 Å². The molecule has 0 unspecified atom stereocenters. The number of pyridine rings is 1. The molecule has 0 aliphatic carbocycles. The second-order valence-corrected chi connectivity index (χ2v) is 7.33. The maximum atomic E-state index is 12.2. The Morgan fingerprint density at radius 3 is 2.69 bits per heavy atom. The molecule has 3 rings (SSSR count). The van der Waals surface area contributed by atoms with Crippen molar-refractivity contribution in [2.24, 2.45) is 0 Å². The molecule has 0 radical (unpaired) electrons. The van der Waals surface area contributed by atoms with Crippen LogP contribution in [-0.2, 0) is 17.7 Å². The van der Waals surface area contributed by atoms with E-state index in [1.807, 2.05) is 39.0 Å². The topological polar surface area (TPSA) is 71.5 Å². The summed E-state index contributed by atoms with van der Waals surface area (Å²) in [7, 11) is 0. The normalized spacial score (nSPS) is 13.7. The minimum Gasteiger partial charge on any atom is -0.444 e. The van der Waals surface area contributed by atoms with E-state index in [0.717, 1.165) is 23.2 Å². The van der Waals surface area contributed by atoms with Crippen LogP contribution in [-0.4, -0.2) is 34.0 Å². The summed E-state index contributed by atoms with van der Waals surface area (Å²) in [6.45, 7) is 6.70. The van der Waals surface area contributed by atoms with Crippen LogP contribution < -0.4 is 5.32 Å². The molecule has 1 aromatic carbocycles. The lowest BCUT2D eigenvalue weighted by atomic mass is 9.99. The number of hydrogen-bond acceptors (Lipinski definition) is 4. The second kappa shape index (κ2) is 7.15. The first-order valence-electron chi connectivity index (χ1n) is 8.63. The Kier molecular flexibility index (Phi) is 4.93. The van der Waals surface area contributed by atoms with Crippen LogP contribution in [0, 0.1) is 0 Å². The number of nitrogens with one attached hydrogen (secondary N) is 1. The number of nitrogens with zero attached hydrogens (tertiary/aromatic N) is 2. The Balaban J connectivity index is 1.67. The van der Waals surface area contributed by atoms with Crippen molar-refractivity contribution in [3.8, 4) is 0 Å². The molecule has 0 bridgehead atoms. The Bertz CT molecular complexity index is 813. The van der Waals surface area contributed by atoms with Crippen LogP contribution in [0.5, 0.6) is 0 Å². The molecule has 1 N–H and O–H groups in total. The highest BCUT2D eigenvalue weighted by atomic mass is 16.6. The second-order valence-electron chi connectivity index (χ2n) is 7.33. The van der Waals surface area contributed by atoms with Crippen LogP contribution in [0.2, 0.25) is 0 Å². The fourth-order valence-corrected chi connectivity index (χ4v) is 2.81. The van der Waals surface area contributed by atoms with Crippen molar-refractivity contribution in [2.45, 2.75) is 39.3 Å². The molecule has 2 aromatic rings. The van der Waals surface area contributed by atoms with E-state index < -0.39 is 5.60 Å². The lowest BCUT2D eigenvalue weighted by Crippen LogP contribution is -2.39. The van der Waals surface area contributed by atoms with Gasteiger partial charge in [-0.1, -0.05) is 6.07 Å². The fourth-order valence-electron chi connectivity index (χ4n) is 2.81. The molecule has 0 spiro atoms. The molecule has 6 heteroatoms. The van der Waals surface area contributed by atoms with Gasteiger partial charge in [0.25, 0.3) is 5.91 Å². The summed E-state index contributed by atoms with van der Waals surface area (Å²) in [5, 5.41) is 2.89. The van der Waals surface area contributed by atoms with E-state index in [1.165, 1.54) is 6.20 Å². The van der Waals surface area contributed by atoms with E-state index in [-0.39, 0.29) is 12.0 Å². The van der Waals surface area contributed by atoms with E-state index >= 15 is 0 Å². The first kappa shape index (κ1) is 17.9. The lowest BCUT2D eigenvalue weighted by molar-refractivity contribution is 0.0224. The summed E-state index contributed by atoms with van der Waals surface area (Å²) in [5.74, 6) is -0.191. The maximum absolute atomic E-state index is 12.2. The number of benzene rings is 1. The molecule has 2 amide bonds. The Labute approximate surface area is 153 Å². The van der Waals surface area contributed by atoms with Gasteiger partial charge in [-0.2, -0.15) is 0 Å². The zero-order valence-corrected chi connectivity index (χ0v) is 15.3. The summed E-state index contributed by atoms with van der Waals surface area (Å²) in [4.78, 5) is 30.1. The molecular formula is C20H23N3O3. The van der Waals surface area contributed by atoms with Gasteiger partial charge in [-0.25, -0.2) is 4.79 Å². The Morgan fingerprint density at radius 1 is 1.19 bits per heavy atom. The number of carbonyl (C=O) groups excluding carboxylic acids is 2. The third kappa shape index (κ3) is 4.39. The molecule has 0 saturated heterocycles. The first-order valence-corrected chi connectivity index (χ1v) is 8.63. The quantitative estimate of drug-likeness (QED) is 0.895. The van der Waals surface area contributed by atoms with E-state index in [1.54, 1.807) is 23.2 Å². The smallest absolute Gasteiger partial charge is 0.410 e. The van der Waals surface area contributed by atoms with Gasteiger partial charge in [0.15, 0.2) is 0 Å². The van der Waals surface area contributed by atoms with Crippen molar-refractivity contribution >= 4 is 17.7 Å². The van der Waals surface area contributed by atoms with Gasteiger partial charge in [0.1, 0.15) is 5.60 Å². The number of hydrogen-bond donors (Lipinski definition) is 1. The molecular weight excluding hydrogens is 330 g/mol. The number of fused-ring (bicyclic) bond motifs is 1. The van der Waals surface area contributed by atoms with Crippen molar-refractivity contribution in [3.63, 3.8) is 0 Å². The highest BCUT2D eigenvalue weighted by Gasteiger charge is 2.25. The molecule has 1 aliphatic rings. The third-order valence-corrected chi connectivity index (χ3v) is 4.05. The molecule has 1 aromatic heterocycles. The Hall–Kier alpha value is -2.89. The van der Waals surface area contributed by atoms with Gasteiger partial charge in [0, 0.05) is 31.2 Å². The third-order valence-electron chi connectivity index (χ3n) is 4.05. The van der Waals surface area contributed by atoms with E-state index in [2.05, 4.69) is 10.3 Å². The minimum atomic E-state index is -0.502. The highest BCUT2D eigenvalue weighted by Crippen LogP contribution is 2.24. The predicted octanol–water partition coefficient (Wildman–Crippen LogP) is 3.63. The number of anilines is 1. The van der Waals surface area contributed by atoms with E-state index in [9.17, 15) is 9.59 Å². The predicted molar refractivity (Wildman–Crippen MR) is 99.0 cm³/mol. The van der Waals surface area contributed by atoms with Crippen LogP contribution in [0.3, 0.4) is 0 Å². The lowest BCUT2D eigenvalue weighted by Gasteiger charge is -2.31. The average Bonchev–Trinajstić information content (AvgIpc) is 2.60. The summed E-state index contributed by atoms with van der Waals surface area (Å²) < 4.78 is 5.44. The summed E-state index contributed by atoms with van der Waals surface area (Å²) in [5.41, 5.74) is 2.96. The minimum absolute atomic E-state index is 0.191. The molecule has 6 nitrogen and oxygen atoms in total. The Morgan fingerprint density at radius 2 is 2.00 bits per heavy atom. The monoisotopic (exact) mass is 353 g/mol. The summed E-state index contributed by atoms with van der Waals surface area (Å²) in [6.07, 6.45) is 3.60. The molecule has 0 fully saturated rings. The van der Waals surface area contributed by atoms with Crippen LogP contribution in [0.1, 0.15) is 42.3 Å². The maximum Gasteiger partial charge on any atom is 0.410 e. The molecule has 2 heterocycles. The zero-order valence-electron chi connectivity index (χ0n) is 15.3. The van der Waals surface area contributed by atoms with Crippen molar-refractivity contribution < 1.29 is 14.3 Å². The number of carbonyl (C=O) groups is 2. The zero-order chi connectivity index (χ0) is 18.7. The van der Waals surface area contributed by atoms with Gasteiger partial charge in [0.2, 0.25) is 0 Å². The van der Waals surface area contributed by atoms with Gasteiger partial charge in [-0.15, -0.1) is 0 Å². The van der Waals surface area contributed by atoms with Crippen LogP contribution in [0.25, 0.3) is 0 Å². The molecule has 26 heavy (non-hydrogen) atoms. The number of aromatic nitrogens is 1. The molecule has 1 aliphatic heterocycles. The fraction of sp³-hybridized carbons (Fsp3) is 0.350. The average molecular weight is 353 g/mol. The largest absolute Gasteiger partial charge is 0.444 e. The molecule has 0 saturated carbocycles. The first-order chi connectivity index (χ1) is 12.3. The highest BCUT2D eigenvalue weighted by molar-refractivity contribution is 6.04. The van der Waals surface area contributed by atoms with Crippen LogP contribution in [0.15, 0.2) is 42.7 Å². The van der Waals surface area contributed by atoms with Gasteiger partial charge in [-0.3, -0.25) is 9.78 Å². The van der Waals surface area contributed by atoms with Crippen molar-refractivity contribution in [1.82, 2.24) is 9.88 Å².